The second kappa shape index (κ2) is 7.86. The van der Waals surface area contributed by atoms with Gasteiger partial charge in [-0.1, -0.05) is 48.5 Å². The number of ether oxygens (including phenoxy) is 1. The predicted octanol–water partition coefficient (Wildman–Crippen LogP) is 4.15. The van der Waals surface area contributed by atoms with Crippen LogP contribution >= 0.6 is 0 Å². The second-order valence-corrected chi connectivity index (χ2v) is 8.71. The average molecular weight is 405 g/mol. The molecule has 30 heavy (non-hydrogen) atoms. The zero-order valence-electron chi connectivity index (χ0n) is 17.6. The zero-order chi connectivity index (χ0) is 21.3. The number of aromatic amines is 1. The summed E-state index contributed by atoms with van der Waals surface area (Å²) < 4.78 is 5.41. The number of H-pyrrole nitrogens is 1. The van der Waals surface area contributed by atoms with Crippen LogP contribution in [0.2, 0.25) is 0 Å². The number of carbonyl (C=O) groups excluding carboxylic acids is 2. The van der Waals surface area contributed by atoms with Crippen molar-refractivity contribution in [1.82, 2.24) is 15.2 Å². The highest BCUT2D eigenvalue weighted by Crippen LogP contribution is 2.28. The highest BCUT2D eigenvalue weighted by atomic mass is 16.6. The van der Waals surface area contributed by atoms with E-state index in [1.807, 2.05) is 54.6 Å². The molecule has 2 N–H and O–H groups in total. The molecular weight excluding hydrogens is 378 g/mol. The van der Waals surface area contributed by atoms with E-state index in [0.717, 1.165) is 27.7 Å². The van der Waals surface area contributed by atoms with Crippen LogP contribution in [0.1, 0.15) is 37.6 Å². The predicted molar refractivity (Wildman–Crippen MR) is 116 cm³/mol. The molecule has 3 aromatic rings. The smallest absolute Gasteiger partial charge is 0.408 e. The lowest BCUT2D eigenvalue weighted by atomic mass is 10.0. The van der Waals surface area contributed by atoms with Crippen molar-refractivity contribution in [2.75, 3.05) is 0 Å². The van der Waals surface area contributed by atoms with Gasteiger partial charge in [-0.15, -0.1) is 0 Å². The average Bonchev–Trinajstić information content (AvgIpc) is 2.97. The Balaban J connectivity index is 1.68. The number of rotatable bonds is 3. The lowest BCUT2D eigenvalue weighted by molar-refractivity contribution is -0.134. The maximum atomic E-state index is 13.4. The minimum atomic E-state index is -0.691. The van der Waals surface area contributed by atoms with Crippen molar-refractivity contribution in [3.63, 3.8) is 0 Å². The normalized spacial score (nSPS) is 16.8. The Morgan fingerprint density at radius 1 is 1.13 bits per heavy atom. The summed E-state index contributed by atoms with van der Waals surface area (Å²) in [6.07, 6.45) is -0.160. The van der Waals surface area contributed by atoms with Crippen molar-refractivity contribution in [2.24, 2.45) is 0 Å². The van der Waals surface area contributed by atoms with Gasteiger partial charge in [-0.05, 0) is 38.0 Å². The summed E-state index contributed by atoms with van der Waals surface area (Å²) >= 11 is 0. The van der Waals surface area contributed by atoms with Crippen LogP contribution in [0.15, 0.2) is 54.6 Å². The fourth-order valence-electron chi connectivity index (χ4n) is 3.90. The van der Waals surface area contributed by atoms with E-state index in [4.69, 9.17) is 4.74 Å². The van der Waals surface area contributed by atoms with Gasteiger partial charge in [-0.3, -0.25) is 4.79 Å². The molecule has 0 unspecified atom stereocenters. The minimum Gasteiger partial charge on any atom is -0.444 e. The molecule has 0 spiro atoms. The van der Waals surface area contributed by atoms with Gasteiger partial charge in [0.25, 0.3) is 0 Å². The van der Waals surface area contributed by atoms with Gasteiger partial charge in [-0.2, -0.15) is 0 Å². The standard InChI is InChI=1S/C24H27N3O3/c1-24(2,3)30-23(29)26-20-13-18-17-11-7-8-12-19(17)25-21(18)15-27(22(20)28)14-16-9-5-4-6-10-16/h4-12,20,25H,13-15H2,1-3H3,(H,26,29)/t20-/m0/s1. The summed E-state index contributed by atoms with van der Waals surface area (Å²) in [5.74, 6) is -0.113. The summed E-state index contributed by atoms with van der Waals surface area (Å²) in [7, 11) is 0. The Morgan fingerprint density at radius 3 is 2.57 bits per heavy atom. The topological polar surface area (TPSA) is 74.4 Å². The molecule has 0 saturated carbocycles. The molecule has 0 saturated heterocycles. The summed E-state index contributed by atoms with van der Waals surface area (Å²) in [6.45, 7) is 6.36. The highest BCUT2D eigenvalue weighted by molar-refractivity contribution is 5.90. The van der Waals surface area contributed by atoms with E-state index >= 15 is 0 Å². The number of alkyl carbamates (subject to hydrolysis) is 1. The van der Waals surface area contributed by atoms with Gasteiger partial charge in [0.1, 0.15) is 11.6 Å². The number of amides is 2. The van der Waals surface area contributed by atoms with Crippen molar-refractivity contribution in [1.29, 1.82) is 0 Å². The van der Waals surface area contributed by atoms with Gasteiger partial charge in [0, 0.05) is 29.6 Å². The van der Waals surface area contributed by atoms with Gasteiger partial charge in [0.05, 0.1) is 6.54 Å². The fourth-order valence-corrected chi connectivity index (χ4v) is 3.90. The van der Waals surface area contributed by atoms with E-state index in [2.05, 4.69) is 10.3 Å². The quantitative estimate of drug-likeness (QED) is 0.688. The molecule has 1 aliphatic heterocycles. The molecule has 0 bridgehead atoms. The van der Waals surface area contributed by atoms with E-state index in [1.165, 1.54) is 0 Å². The lowest BCUT2D eigenvalue weighted by Crippen LogP contribution is -2.49. The summed E-state index contributed by atoms with van der Waals surface area (Å²) in [5.41, 5.74) is 3.52. The molecular formula is C24H27N3O3. The van der Waals surface area contributed by atoms with Crippen molar-refractivity contribution < 1.29 is 14.3 Å². The Hall–Kier alpha value is -3.28. The van der Waals surface area contributed by atoms with Crippen molar-refractivity contribution in [3.05, 3.63) is 71.4 Å². The molecule has 6 nitrogen and oxygen atoms in total. The van der Waals surface area contributed by atoms with Crippen LogP contribution in [0.25, 0.3) is 10.9 Å². The molecule has 0 fully saturated rings. The number of nitrogens with one attached hydrogen (secondary N) is 2. The number of hydrogen-bond donors (Lipinski definition) is 2. The molecule has 2 aromatic carbocycles. The number of carbonyl (C=O) groups is 2. The van der Waals surface area contributed by atoms with Gasteiger partial charge in [0.15, 0.2) is 0 Å². The molecule has 1 atom stereocenters. The SMILES string of the molecule is CC(C)(C)OC(=O)N[C@H]1Cc2c([nH]c3ccccc23)CN(Cc2ccccc2)C1=O. The molecule has 156 valence electrons. The van der Waals surface area contributed by atoms with Crippen LogP contribution in [-0.4, -0.2) is 33.5 Å². The van der Waals surface area contributed by atoms with E-state index < -0.39 is 17.7 Å². The zero-order valence-corrected chi connectivity index (χ0v) is 17.6. The molecule has 4 rings (SSSR count). The van der Waals surface area contributed by atoms with E-state index in [0.29, 0.717) is 19.5 Å². The summed E-state index contributed by atoms with van der Waals surface area (Å²) in [4.78, 5) is 31.1. The number of fused-ring (bicyclic) bond motifs is 3. The van der Waals surface area contributed by atoms with Crippen LogP contribution < -0.4 is 5.32 Å². The van der Waals surface area contributed by atoms with Gasteiger partial charge < -0.3 is 19.9 Å². The van der Waals surface area contributed by atoms with Crippen LogP contribution in [0.4, 0.5) is 4.79 Å². The third-order valence-electron chi connectivity index (χ3n) is 5.18. The monoisotopic (exact) mass is 405 g/mol. The fraction of sp³-hybridized carbons (Fsp3) is 0.333. The van der Waals surface area contributed by atoms with Crippen molar-refractivity contribution >= 4 is 22.9 Å². The highest BCUT2D eigenvalue weighted by Gasteiger charge is 2.33. The Morgan fingerprint density at radius 2 is 1.83 bits per heavy atom. The van der Waals surface area contributed by atoms with E-state index in [9.17, 15) is 9.59 Å². The Labute approximate surface area is 176 Å². The number of benzene rings is 2. The maximum absolute atomic E-state index is 13.4. The van der Waals surface area contributed by atoms with Crippen LogP contribution in [0.5, 0.6) is 0 Å². The third-order valence-corrected chi connectivity index (χ3v) is 5.18. The lowest BCUT2D eigenvalue weighted by Gasteiger charge is -2.26. The molecule has 1 aromatic heterocycles. The largest absolute Gasteiger partial charge is 0.444 e. The molecule has 6 heteroatoms. The summed E-state index contributed by atoms with van der Waals surface area (Å²) in [6, 6.07) is 17.2. The first-order valence-electron chi connectivity index (χ1n) is 10.2. The number of nitrogens with zero attached hydrogens (tertiary/aromatic N) is 1. The summed E-state index contributed by atoms with van der Waals surface area (Å²) in [5, 5.41) is 3.89. The van der Waals surface area contributed by atoms with Gasteiger partial charge in [0.2, 0.25) is 5.91 Å². The van der Waals surface area contributed by atoms with E-state index in [-0.39, 0.29) is 5.91 Å². The van der Waals surface area contributed by atoms with Crippen LogP contribution in [0, 0.1) is 0 Å². The maximum Gasteiger partial charge on any atom is 0.408 e. The molecule has 2 heterocycles. The first kappa shape index (κ1) is 20.0. The van der Waals surface area contributed by atoms with E-state index in [1.54, 1.807) is 25.7 Å². The Kier molecular flexibility index (Phi) is 5.24. The molecule has 0 radical (unpaired) electrons. The van der Waals surface area contributed by atoms with Crippen molar-refractivity contribution in [3.8, 4) is 0 Å². The molecule has 0 aliphatic carbocycles. The minimum absolute atomic E-state index is 0.113. The molecule has 1 aliphatic rings. The number of aromatic nitrogens is 1. The van der Waals surface area contributed by atoms with Crippen LogP contribution in [-0.2, 0) is 29.0 Å². The number of hydrogen-bond acceptors (Lipinski definition) is 3. The molecule has 2 amide bonds. The Bertz CT molecular complexity index is 1070. The number of para-hydroxylation sites is 1. The second-order valence-electron chi connectivity index (χ2n) is 8.71. The van der Waals surface area contributed by atoms with Gasteiger partial charge in [-0.25, -0.2) is 4.79 Å². The first-order chi connectivity index (χ1) is 14.3. The van der Waals surface area contributed by atoms with Crippen LogP contribution in [0.3, 0.4) is 0 Å². The van der Waals surface area contributed by atoms with Gasteiger partial charge >= 0.3 is 6.09 Å². The third kappa shape index (κ3) is 4.32. The van der Waals surface area contributed by atoms with Crippen molar-refractivity contribution in [2.45, 2.75) is 51.9 Å². The first-order valence-corrected chi connectivity index (χ1v) is 10.2.